The van der Waals surface area contributed by atoms with Crippen LogP contribution in [0.15, 0.2) is 54.6 Å². The Hall–Kier alpha value is -1.84. The number of benzene rings is 2. The third-order valence-corrected chi connectivity index (χ3v) is 3.31. The Morgan fingerprint density at radius 3 is 2.20 bits per heavy atom. The molecular formula is C17H21NO2. The molecule has 0 aliphatic heterocycles. The topological polar surface area (TPSA) is 32.7 Å². The van der Waals surface area contributed by atoms with Gasteiger partial charge in [-0.1, -0.05) is 42.5 Å². The van der Waals surface area contributed by atoms with Gasteiger partial charge in [0.05, 0.1) is 12.6 Å². The number of hydrogen-bond acceptors (Lipinski definition) is 3. The summed E-state index contributed by atoms with van der Waals surface area (Å²) in [5, 5.41) is 9.40. The molecule has 0 spiro atoms. The molecule has 0 fully saturated rings. The van der Waals surface area contributed by atoms with Crippen molar-refractivity contribution in [3.63, 3.8) is 0 Å². The van der Waals surface area contributed by atoms with Crippen LogP contribution in [0.25, 0.3) is 0 Å². The Bertz CT molecular complexity index is 508. The summed E-state index contributed by atoms with van der Waals surface area (Å²) >= 11 is 0. The molecule has 0 aliphatic carbocycles. The van der Waals surface area contributed by atoms with E-state index in [4.69, 9.17) is 4.74 Å². The maximum atomic E-state index is 9.40. The van der Waals surface area contributed by atoms with E-state index in [1.807, 2.05) is 73.6 Å². The summed E-state index contributed by atoms with van der Waals surface area (Å²) in [6.07, 6.45) is 0. The van der Waals surface area contributed by atoms with E-state index >= 15 is 0 Å². The zero-order valence-corrected chi connectivity index (χ0v) is 12.0. The van der Waals surface area contributed by atoms with Gasteiger partial charge in [-0.05, 0) is 37.4 Å². The lowest BCUT2D eigenvalue weighted by atomic mass is 10.1. The van der Waals surface area contributed by atoms with E-state index < -0.39 is 0 Å². The van der Waals surface area contributed by atoms with Gasteiger partial charge in [-0.25, -0.2) is 0 Å². The first-order valence-electron chi connectivity index (χ1n) is 6.74. The average Bonchev–Trinajstić information content (AvgIpc) is 2.48. The molecule has 2 aromatic carbocycles. The summed E-state index contributed by atoms with van der Waals surface area (Å²) < 4.78 is 5.74. The van der Waals surface area contributed by atoms with E-state index in [9.17, 15) is 5.11 Å². The average molecular weight is 271 g/mol. The van der Waals surface area contributed by atoms with E-state index in [1.165, 1.54) is 0 Å². The van der Waals surface area contributed by atoms with Crippen LogP contribution in [0.1, 0.15) is 17.2 Å². The minimum absolute atomic E-state index is 0.0261. The molecule has 0 amide bonds. The number of nitrogens with zero attached hydrogens (tertiary/aromatic N) is 1. The molecule has 0 heterocycles. The van der Waals surface area contributed by atoms with E-state index in [0.29, 0.717) is 6.61 Å². The first kappa shape index (κ1) is 14.6. The van der Waals surface area contributed by atoms with Crippen molar-refractivity contribution in [1.82, 2.24) is 4.90 Å². The fourth-order valence-corrected chi connectivity index (χ4v) is 2.09. The Labute approximate surface area is 120 Å². The second-order valence-corrected chi connectivity index (χ2v) is 5.01. The largest absolute Gasteiger partial charge is 0.489 e. The fourth-order valence-electron chi connectivity index (χ4n) is 2.09. The smallest absolute Gasteiger partial charge is 0.119 e. The van der Waals surface area contributed by atoms with Gasteiger partial charge in [-0.15, -0.1) is 0 Å². The van der Waals surface area contributed by atoms with Crippen molar-refractivity contribution >= 4 is 0 Å². The van der Waals surface area contributed by atoms with E-state index in [0.717, 1.165) is 16.9 Å². The number of hydrogen-bond donors (Lipinski definition) is 1. The molecule has 20 heavy (non-hydrogen) atoms. The molecule has 0 saturated heterocycles. The zero-order chi connectivity index (χ0) is 14.4. The van der Waals surface area contributed by atoms with Crippen LogP contribution in [0.3, 0.4) is 0 Å². The predicted octanol–water partition coefficient (Wildman–Crippen LogP) is 2.86. The Kier molecular flexibility index (Phi) is 5.16. The van der Waals surface area contributed by atoms with Crippen LogP contribution in [-0.2, 0) is 6.61 Å². The molecule has 1 atom stereocenters. The highest BCUT2D eigenvalue weighted by Gasteiger charge is 2.12. The monoisotopic (exact) mass is 271 g/mol. The standard InChI is InChI=1S/C17H21NO2/c1-18(2)17(12-19)15-8-10-16(11-9-15)20-13-14-6-4-3-5-7-14/h3-11,17,19H,12-13H2,1-2H3/t17-/m0/s1. The van der Waals surface area contributed by atoms with Crippen molar-refractivity contribution in [1.29, 1.82) is 0 Å². The van der Waals surface area contributed by atoms with Crippen molar-refractivity contribution in [3.8, 4) is 5.75 Å². The summed E-state index contributed by atoms with van der Waals surface area (Å²) in [4.78, 5) is 2.00. The summed E-state index contributed by atoms with van der Waals surface area (Å²) in [7, 11) is 3.92. The van der Waals surface area contributed by atoms with Crippen LogP contribution in [-0.4, -0.2) is 30.7 Å². The summed E-state index contributed by atoms with van der Waals surface area (Å²) in [5.41, 5.74) is 2.24. The van der Waals surface area contributed by atoms with Gasteiger partial charge in [-0.3, -0.25) is 0 Å². The van der Waals surface area contributed by atoms with Crippen LogP contribution >= 0.6 is 0 Å². The molecular weight excluding hydrogens is 250 g/mol. The van der Waals surface area contributed by atoms with E-state index in [1.54, 1.807) is 0 Å². The quantitative estimate of drug-likeness (QED) is 0.877. The zero-order valence-electron chi connectivity index (χ0n) is 12.0. The van der Waals surface area contributed by atoms with Crippen molar-refractivity contribution in [2.75, 3.05) is 20.7 Å². The van der Waals surface area contributed by atoms with Gasteiger partial charge in [-0.2, -0.15) is 0 Å². The second kappa shape index (κ2) is 7.08. The first-order valence-corrected chi connectivity index (χ1v) is 6.74. The Morgan fingerprint density at radius 1 is 1.00 bits per heavy atom. The van der Waals surface area contributed by atoms with Crippen molar-refractivity contribution < 1.29 is 9.84 Å². The lowest BCUT2D eigenvalue weighted by molar-refractivity contribution is 0.170. The summed E-state index contributed by atoms with van der Waals surface area (Å²) in [6.45, 7) is 0.675. The Balaban J connectivity index is 1.98. The molecule has 3 heteroatoms. The molecule has 0 radical (unpaired) electrons. The number of aliphatic hydroxyl groups excluding tert-OH is 1. The van der Waals surface area contributed by atoms with Gasteiger partial charge in [0.1, 0.15) is 12.4 Å². The van der Waals surface area contributed by atoms with Gasteiger partial charge in [0.2, 0.25) is 0 Å². The first-order chi connectivity index (χ1) is 9.70. The highest BCUT2D eigenvalue weighted by atomic mass is 16.5. The van der Waals surface area contributed by atoms with Gasteiger partial charge < -0.3 is 14.7 Å². The van der Waals surface area contributed by atoms with Gasteiger partial charge in [0.25, 0.3) is 0 Å². The lowest BCUT2D eigenvalue weighted by Gasteiger charge is -2.22. The fraction of sp³-hybridized carbons (Fsp3) is 0.294. The molecule has 0 unspecified atom stereocenters. The third-order valence-electron chi connectivity index (χ3n) is 3.31. The number of ether oxygens (including phenoxy) is 1. The number of rotatable bonds is 6. The van der Waals surface area contributed by atoms with Gasteiger partial charge in [0, 0.05) is 0 Å². The minimum Gasteiger partial charge on any atom is -0.489 e. The molecule has 0 aliphatic rings. The molecule has 0 bridgehead atoms. The molecule has 3 nitrogen and oxygen atoms in total. The molecule has 1 N–H and O–H groups in total. The van der Waals surface area contributed by atoms with Gasteiger partial charge >= 0.3 is 0 Å². The molecule has 106 valence electrons. The molecule has 2 aromatic rings. The Morgan fingerprint density at radius 2 is 1.65 bits per heavy atom. The number of likely N-dealkylation sites (N-methyl/N-ethyl adjacent to an activating group) is 1. The maximum absolute atomic E-state index is 9.40. The van der Waals surface area contributed by atoms with Crippen LogP contribution in [0.4, 0.5) is 0 Å². The van der Waals surface area contributed by atoms with Crippen LogP contribution in [0.5, 0.6) is 5.75 Å². The number of aliphatic hydroxyl groups is 1. The van der Waals surface area contributed by atoms with E-state index in [2.05, 4.69) is 0 Å². The maximum Gasteiger partial charge on any atom is 0.119 e. The predicted molar refractivity (Wildman–Crippen MR) is 80.7 cm³/mol. The summed E-state index contributed by atoms with van der Waals surface area (Å²) in [5.74, 6) is 0.841. The van der Waals surface area contributed by atoms with Crippen LogP contribution < -0.4 is 4.74 Å². The van der Waals surface area contributed by atoms with Gasteiger partial charge in [0.15, 0.2) is 0 Å². The summed E-state index contributed by atoms with van der Waals surface area (Å²) in [6, 6.07) is 18.0. The molecule has 2 rings (SSSR count). The molecule has 0 aromatic heterocycles. The lowest BCUT2D eigenvalue weighted by Crippen LogP contribution is -2.22. The van der Waals surface area contributed by atoms with E-state index in [-0.39, 0.29) is 12.6 Å². The minimum atomic E-state index is 0.0261. The highest BCUT2D eigenvalue weighted by molar-refractivity contribution is 5.29. The SMILES string of the molecule is CN(C)[C@@H](CO)c1ccc(OCc2ccccc2)cc1. The van der Waals surface area contributed by atoms with Crippen molar-refractivity contribution in [3.05, 3.63) is 65.7 Å². The van der Waals surface area contributed by atoms with Crippen LogP contribution in [0, 0.1) is 0 Å². The molecule has 0 saturated carbocycles. The van der Waals surface area contributed by atoms with Crippen molar-refractivity contribution in [2.24, 2.45) is 0 Å². The normalized spacial score (nSPS) is 12.4. The van der Waals surface area contributed by atoms with Crippen LogP contribution in [0.2, 0.25) is 0 Å². The van der Waals surface area contributed by atoms with Crippen molar-refractivity contribution in [2.45, 2.75) is 12.6 Å². The second-order valence-electron chi connectivity index (χ2n) is 5.01. The third kappa shape index (κ3) is 3.83. The highest BCUT2D eigenvalue weighted by Crippen LogP contribution is 2.21.